The third kappa shape index (κ3) is 1.98. The molecule has 0 aliphatic carbocycles. The topological polar surface area (TPSA) is 33.1 Å². The van der Waals surface area contributed by atoms with Crippen molar-refractivity contribution in [1.82, 2.24) is 4.98 Å². The van der Waals surface area contributed by atoms with Gasteiger partial charge in [-0.25, -0.2) is 0 Å². The highest BCUT2D eigenvalue weighted by atomic mass is 32.1. The zero-order valence-corrected chi connectivity index (χ0v) is 8.85. The highest BCUT2D eigenvalue weighted by Gasteiger charge is 2.02. The molecular weight excluding hydrogens is 182 g/mol. The van der Waals surface area contributed by atoms with E-state index in [0.717, 1.165) is 10.2 Å². The van der Waals surface area contributed by atoms with Gasteiger partial charge in [-0.2, -0.15) is 0 Å². The Hall–Kier alpha value is -1.09. The molecule has 0 aliphatic heterocycles. The van der Waals surface area contributed by atoms with Crippen LogP contribution in [0.1, 0.15) is 19.4 Å². The Morgan fingerprint density at radius 3 is 2.69 bits per heavy atom. The molecule has 0 unspecified atom stereocenters. The van der Waals surface area contributed by atoms with Gasteiger partial charge in [0.2, 0.25) is 0 Å². The molecule has 0 aromatic carbocycles. The number of nitrogens with zero attached hydrogens (tertiary/aromatic N) is 1. The van der Waals surface area contributed by atoms with Gasteiger partial charge >= 0.3 is 0 Å². The normalized spacial score (nSPS) is 9.46. The fourth-order valence-electron chi connectivity index (χ4n) is 1.05. The molecule has 2 heterocycles. The minimum absolute atomic E-state index is 0.335. The number of fused-ring (bicyclic) bond motifs is 1. The Kier molecular flexibility index (Phi) is 3.25. The van der Waals surface area contributed by atoms with Gasteiger partial charge in [-0.3, -0.25) is 4.98 Å². The quantitative estimate of drug-likeness (QED) is 0.699. The van der Waals surface area contributed by atoms with Gasteiger partial charge in [-0.1, -0.05) is 25.2 Å². The van der Waals surface area contributed by atoms with Crippen molar-refractivity contribution in [3.05, 3.63) is 23.9 Å². The monoisotopic (exact) mass is 195 g/mol. The zero-order chi connectivity index (χ0) is 9.84. The number of pyridine rings is 1. The van der Waals surface area contributed by atoms with Gasteiger partial charge in [0.25, 0.3) is 0 Å². The van der Waals surface area contributed by atoms with Crippen molar-refractivity contribution in [2.75, 3.05) is 0 Å². The first-order valence-corrected chi connectivity index (χ1v) is 5.13. The van der Waals surface area contributed by atoms with E-state index in [0.29, 0.717) is 5.06 Å². The van der Waals surface area contributed by atoms with Gasteiger partial charge in [0.05, 0.1) is 10.2 Å². The Bertz CT molecular complexity index is 395. The molecule has 0 radical (unpaired) electrons. The maximum absolute atomic E-state index is 9.16. The van der Waals surface area contributed by atoms with Crippen LogP contribution in [0.25, 0.3) is 10.2 Å². The molecule has 0 fully saturated rings. The summed E-state index contributed by atoms with van der Waals surface area (Å²) in [4.78, 5) is 4.11. The molecule has 2 aromatic heterocycles. The summed E-state index contributed by atoms with van der Waals surface area (Å²) >= 11 is 1.37. The van der Waals surface area contributed by atoms with E-state index in [1.54, 1.807) is 12.3 Å². The fourth-order valence-corrected chi connectivity index (χ4v) is 1.88. The summed E-state index contributed by atoms with van der Waals surface area (Å²) in [7, 11) is 0. The van der Waals surface area contributed by atoms with Gasteiger partial charge in [0.1, 0.15) is 0 Å². The predicted molar refractivity (Wildman–Crippen MR) is 57.4 cm³/mol. The van der Waals surface area contributed by atoms with Crippen molar-refractivity contribution in [3.8, 4) is 5.06 Å². The second-order valence-electron chi connectivity index (χ2n) is 2.43. The molecule has 2 rings (SSSR count). The Labute approximate surface area is 81.9 Å². The lowest BCUT2D eigenvalue weighted by atomic mass is 10.3. The first-order chi connectivity index (χ1) is 6.27. The number of thiophene rings is 1. The Morgan fingerprint density at radius 2 is 2.08 bits per heavy atom. The summed E-state index contributed by atoms with van der Waals surface area (Å²) < 4.78 is 1.07. The lowest BCUT2D eigenvalue weighted by Gasteiger charge is -1.90. The number of aromatic hydroxyl groups is 1. The molecular formula is C10H13NOS. The Morgan fingerprint density at radius 1 is 1.38 bits per heavy atom. The van der Waals surface area contributed by atoms with Crippen LogP contribution >= 0.6 is 11.3 Å². The summed E-state index contributed by atoms with van der Waals surface area (Å²) in [5.74, 6) is 0. The highest BCUT2D eigenvalue weighted by Crippen LogP contribution is 2.30. The van der Waals surface area contributed by atoms with E-state index in [1.807, 2.05) is 26.8 Å². The van der Waals surface area contributed by atoms with Crippen LogP contribution in [0, 0.1) is 6.92 Å². The van der Waals surface area contributed by atoms with E-state index in [9.17, 15) is 0 Å². The van der Waals surface area contributed by atoms with Crippen LogP contribution in [-0.2, 0) is 0 Å². The third-order valence-electron chi connectivity index (χ3n) is 1.60. The summed E-state index contributed by atoms with van der Waals surface area (Å²) in [6.07, 6.45) is 1.75. The van der Waals surface area contributed by atoms with E-state index in [2.05, 4.69) is 4.98 Å². The van der Waals surface area contributed by atoms with Crippen LogP contribution in [0.2, 0.25) is 0 Å². The minimum atomic E-state index is 0.335. The SMILES string of the molecule is CC.Cc1ccnc2cc(O)sc12. The molecule has 0 bridgehead atoms. The highest BCUT2D eigenvalue weighted by molar-refractivity contribution is 7.20. The van der Waals surface area contributed by atoms with Gasteiger partial charge in [-0.05, 0) is 18.6 Å². The second-order valence-corrected chi connectivity index (χ2v) is 3.46. The number of hydrogen-bond donors (Lipinski definition) is 1. The van der Waals surface area contributed by atoms with E-state index in [-0.39, 0.29) is 0 Å². The average molecular weight is 195 g/mol. The lowest BCUT2D eigenvalue weighted by molar-refractivity contribution is 0.491. The fraction of sp³-hybridized carbons (Fsp3) is 0.300. The van der Waals surface area contributed by atoms with Gasteiger partial charge in [-0.15, -0.1) is 0 Å². The number of aromatic nitrogens is 1. The van der Waals surface area contributed by atoms with Crippen LogP contribution in [0.5, 0.6) is 5.06 Å². The molecule has 0 atom stereocenters. The van der Waals surface area contributed by atoms with Crippen LogP contribution in [0.15, 0.2) is 18.3 Å². The summed E-state index contributed by atoms with van der Waals surface area (Å²) in [6.45, 7) is 6.01. The number of hydrogen-bond acceptors (Lipinski definition) is 3. The molecule has 2 aromatic rings. The second kappa shape index (κ2) is 4.23. The third-order valence-corrected chi connectivity index (χ3v) is 2.66. The van der Waals surface area contributed by atoms with Crippen LogP contribution in [0.3, 0.4) is 0 Å². The predicted octanol–water partition coefficient (Wildman–Crippen LogP) is 3.34. The zero-order valence-electron chi connectivity index (χ0n) is 8.03. The average Bonchev–Trinajstić information content (AvgIpc) is 2.51. The molecule has 1 N–H and O–H groups in total. The van der Waals surface area contributed by atoms with E-state index in [4.69, 9.17) is 5.11 Å². The molecule has 0 spiro atoms. The van der Waals surface area contributed by atoms with Gasteiger partial charge in [0.15, 0.2) is 5.06 Å². The lowest BCUT2D eigenvalue weighted by Crippen LogP contribution is -1.73. The van der Waals surface area contributed by atoms with Crippen molar-refractivity contribution in [3.63, 3.8) is 0 Å². The van der Waals surface area contributed by atoms with Crippen molar-refractivity contribution in [2.24, 2.45) is 0 Å². The maximum atomic E-state index is 9.16. The van der Waals surface area contributed by atoms with E-state index in [1.165, 1.54) is 16.9 Å². The molecule has 3 heteroatoms. The minimum Gasteiger partial charge on any atom is -0.499 e. The summed E-state index contributed by atoms with van der Waals surface area (Å²) in [6, 6.07) is 3.63. The van der Waals surface area contributed by atoms with Crippen LogP contribution in [0.4, 0.5) is 0 Å². The van der Waals surface area contributed by atoms with Crippen molar-refractivity contribution < 1.29 is 5.11 Å². The van der Waals surface area contributed by atoms with Crippen molar-refractivity contribution >= 4 is 21.6 Å². The summed E-state index contributed by atoms with van der Waals surface area (Å²) in [5.41, 5.74) is 2.05. The van der Waals surface area contributed by atoms with Crippen molar-refractivity contribution in [2.45, 2.75) is 20.8 Å². The molecule has 0 saturated carbocycles. The molecule has 2 nitrogen and oxygen atoms in total. The maximum Gasteiger partial charge on any atom is 0.173 e. The van der Waals surface area contributed by atoms with Gasteiger partial charge < -0.3 is 5.11 Å². The molecule has 70 valence electrons. The standard InChI is InChI=1S/C8H7NOS.C2H6/c1-5-2-3-9-6-4-7(10)11-8(5)6;1-2/h2-4,10H,1H3;1-2H3. The summed E-state index contributed by atoms with van der Waals surface area (Å²) in [5, 5.41) is 9.49. The van der Waals surface area contributed by atoms with E-state index >= 15 is 0 Å². The number of aryl methyl sites for hydroxylation is 1. The Balaban J connectivity index is 0.000000396. The van der Waals surface area contributed by atoms with Crippen LogP contribution in [-0.4, -0.2) is 10.1 Å². The van der Waals surface area contributed by atoms with Crippen LogP contribution < -0.4 is 0 Å². The van der Waals surface area contributed by atoms with Gasteiger partial charge in [0, 0.05) is 12.3 Å². The molecule has 13 heavy (non-hydrogen) atoms. The van der Waals surface area contributed by atoms with E-state index < -0.39 is 0 Å². The van der Waals surface area contributed by atoms with Crippen molar-refractivity contribution in [1.29, 1.82) is 0 Å². The largest absolute Gasteiger partial charge is 0.499 e. The first kappa shape index (κ1) is 9.99. The molecule has 0 amide bonds. The smallest absolute Gasteiger partial charge is 0.173 e. The first-order valence-electron chi connectivity index (χ1n) is 4.31. The molecule has 0 aliphatic rings. The molecule has 0 saturated heterocycles. The number of rotatable bonds is 0.